The van der Waals surface area contributed by atoms with E-state index in [1.54, 1.807) is 4.68 Å². The van der Waals surface area contributed by atoms with E-state index in [9.17, 15) is 9.90 Å². The highest BCUT2D eigenvalue weighted by Crippen LogP contribution is 2.12. The van der Waals surface area contributed by atoms with Crippen molar-refractivity contribution in [2.75, 3.05) is 0 Å². The van der Waals surface area contributed by atoms with E-state index in [1.807, 2.05) is 27.7 Å². The first-order valence-corrected chi connectivity index (χ1v) is 5.92. The third kappa shape index (κ3) is 3.30. The van der Waals surface area contributed by atoms with Crippen molar-refractivity contribution in [3.63, 3.8) is 0 Å². The Balaban J connectivity index is 2.72. The fourth-order valence-corrected chi connectivity index (χ4v) is 1.68. The highest BCUT2D eigenvalue weighted by atomic mass is 16.3. The van der Waals surface area contributed by atoms with E-state index in [4.69, 9.17) is 0 Å². The topological polar surface area (TPSA) is 67.2 Å². The number of hydrogen-bond donors (Lipinski definition) is 2. The molecular weight excluding hydrogens is 218 g/mol. The summed E-state index contributed by atoms with van der Waals surface area (Å²) in [5, 5.41) is 16.3. The number of aromatic nitrogens is 2. The van der Waals surface area contributed by atoms with Gasteiger partial charge in [-0.3, -0.25) is 9.48 Å². The van der Waals surface area contributed by atoms with Crippen LogP contribution in [0.2, 0.25) is 0 Å². The second kappa shape index (κ2) is 5.82. The van der Waals surface area contributed by atoms with E-state index >= 15 is 0 Å². The van der Waals surface area contributed by atoms with Gasteiger partial charge >= 0.3 is 0 Å². The summed E-state index contributed by atoms with van der Waals surface area (Å²) in [7, 11) is 0. The number of aryl methyl sites for hydroxylation is 1. The standard InChI is InChI=1S/C12H21N3O2/c1-5-8(2)13-12(17)6-15-10(4)11(7-16)9(3)14-15/h8,16H,5-7H2,1-4H3,(H,13,17). The number of amides is 1. The van der Waals surface area contributed by atoms with E-state index in [2.05, 4.69) is 10.4 Å². The van der Waals surface area contributed by atoms with Gasteiger partial charge in [-0.1, -0.05) is 6.92 Å². The summed E-state index contributed by atoms with van der Waals surface area (Å²) in [5.74, 6) is -0.0468. The predicted molar refractivity (Wildman–Crippen MR) is 65.5 cm³/mol. The summed E-state index contributed by atoms with van der Waals surface area (Å²) in [6, 6.07) is 0.178. The predicted octanol–water partition coefficient (Wildman–Crippen LogP) is 0.907. The molecule has 0 aliphatic rings. The molecule has 0 radical (unpaired) electrons. The van der Waals surface area contributed by atoms with Gasteiger partial charge < -0.3 is 10.4 Å². The van der Waals surface area contributed by atoms with Crippen LogP contribution < -0.4 is 5.32 Å². The molecule has 17 heavy (non-hydrogen) atoms. The molecule has 2 N–H and O–H groups in total. The summed E-state index contributed by atoms with van der Waals surface area (Å²) in [4.78, 5) is 11.7. The Morgan fingerprint density at radius 1 is 1.53 bits per heavy atom. The molecule has 96 valence electrons. The first-order valence-electron chi connectivity index (χ1n) is 5.92. The van der Waals surface area contributed by atoms with E-state index in [0.717, 1.165) is 23.4 Å². The lowest BCUT2D eigenvalue weighted by Crippen LogP contribution is -2.35. The summed E-state index contributed by atoms with van der Waals surface area (Å²) in [6.07, 6.45) is 0.907. The van der Waals surface area contributed by atoms with Crippen LogP contribution in [0.15, 0.2) is 0 Å². The molecule has 0 bridgehead atoms. The number of hydrogen-bond acceptors (Lipinski definition) is 3. The monoisotopic (exact) mass is 239 g/mol. The second-order valence-electron chi connectivity index (χ2n) is 4.34. The molecule has 1 rings (SSSR count). The van der Waals surface area contributed by atoms with E-state index in [1.165, 1.54) is 0 Å². The molecule has 0 saturated carbocycles. The molecule has 0 saturated heterocycles. The van der Waals surface area contributed by atoms with E-state index in [0.29, 0.717) is 0 Å². The van der Waals surface area contributed by atoms with Gasteiger partial charge in [-0.05, 0) is 27.2 Å². The minimum atomic E-state index is -0.0468. The zero-order valence-corrected chi connectivity index (χ0v) is 10.9. The maximum atomic E-state index is 11.7. The van der Waals surface area contributed by atoms with Crippen LogP contribution in [0, 0.1) is 13.8 Å². The molecule has 1 aromatic heterocycles. The molecule has 0 fully saturated rings. The van der Waals surface area contributed by atoms with Crippen molar-refractivity contribution >= 4 is 5.91 Å². The van der Waals surface area contributed by atoms with Crippen LogP contribution in [0.4, 0.5) is 0 Å². The normalized spacial score (nSPS) is 12.5. The van der Waals surface area contributed by atoms with E-state index in [-0.39, 0.29) is 25.1 Å². The number of rotatable bonds is 5. The minimum absolute atomic E-state index is 0.0371. The van der Waals surface area contributed by atoms with Crippen LogP contribution in [0.25, 0.3) is 0 Å². The third-order valence-electron chi connectivity index (χ3n) is 3.00. The molecule has 0 spiro atoms. The Morgan fingerprint density at radius 2 is 2.18 bits per heavy atom. The summed E-state index contributed by atoms with van der Waals surface area (Å²) in [6.45, 7) is 7.86. The van der Waals surface area contributed by atoms with Gasteiger partial charge in [0.15, 0.2) is 0 Å². The molecule has 0 aliphatic heterocycles. The highest BCUT2D eigenvalue weighted by molar-refractivity contribution is 5.76. The SMILES string of the molecule is CCC(C)NC(=O)Cn1nc(C)c(CO)c1C. The fourth-order valence-electron chi connectivity index (χ4n) is 1.68. The van der Waals surface area contributed by atoms with Crippen LogP contribution in [-0.2, 0) is 17.9 Å². The van der Waals surface area contributed by atoms with Crippen molar-refractivity contribution in [3.05, 3.63) is 17.0 Å². The van der Waals surface area contributed by atoms with Crippen molar-refractivity contribution in [1.29, 1.82) is 0 Å². The van der Waals surface area contributed by atoms with Gasteiger partial charge in [0, 0.05) is 17.3 Å². The lowest BCUT2D eigenvalue weighted by molar-refractivity contribution is -0.122. The number of carbonyl (C=O) groups excluding carboxylic acids is 1. The first-order chi connectivity index (χ1) is 7.99. The summed E-state index contributed by atoms with van der Waals surface area (Å²) in [5.41, 5.74) is 2.44. The van der Waals surface area contributed by atoms with Crippen molar-refractivity contribution in [2.24, 2.45) is 0 Å². The van der Waals surface area contributed by atoms with Crippen LogP contribution in [0.3, 0.4) is 0 Å². The van der Waals surface area contributed by atoms with Gasteiger partial charge in [-0.15, -0.1) is 0 Å². The minimum Gasteiger partial charge on any atom is -0.392 e. The largest absolute Gasteiger partial charge is 0.392 e. The zero-order chi connectivity index (χ0) is 13.0. The number of nitrogens with one attached hydrogen (secondary N) is 1. The molecule has 1 amide bonds. The van der Waals surface area contributed by atoms with Gasteiger partial charge in [0.2, 0.25) is 5.91 Å². The number of nitrogens with zero attached hydrogens (tertiary/aromatic N) is 2. The number of carbonyl (C=O) groups is 1. The van der Waals surface area contributed by atoms with Crippen molar-refractivity contribution in [1.82, 2.24) is 15.1 Å². The van der Waals surface area contributed by atoms with Crippen molar-refractivity contribution < 1.29 is 9.90 Å². The second-order valence-corrected chi connectivity index (χ2v) is 4.34. The maximum Gasteiger partial charge on any atom is 0.241 e. The molecule has 1 unspecified atom stereocenters. The molecule has 5 heteroatoms. The molecule has 1 aromatic rings. The summed E-state index contributed by atoms with van der Waals surface area (Å²) < 4.78 is 1.64. The Labute approximate surface area is 102 Å². The molecule has 5 nitrogen and oxygen atoms in total. The first kappa shape index (κ1) is 13.7. The zero-order valence-electron chi connectivity index (χ0n) is 10.9. The third-order valence-corrected chi connectivity index (χ3v) is 3.00. The fraction of sp³-hybridized carbons (Fsp3) is 0.667. The van der Waals surface area contributed by atoms with Crippen LogP contribution >= 0.6 is 0 Å². The summed E-state index contributed by atoms with van der Waals surface area (Å²) >= 11 is 0. The molecule has 0 aromatic carbocycles. The van der Waals surface area contributed by atoms with Gasteiger partial charge in [0.1, 0.15) is 6.54 Å². The van der Waals surface area contributed by atoms with E-state index < -0.39 is 0 Å². The maximum absolute atomic E-state index is 11.7. The highest BCUT2D eigenvalue weighted by Gasteiger charge is 2.13. The molecule has 1 atom stereocenters. The number of aliphatic hydroxyl groups excluding tert-OH is 1. The molecule has 0 aliphatic carbocycles. The molecule has 1 heterocycles. The molecular formula is C12H21N3O2. The average Bonchev–Trinajstić information content (AvgIpc) is 2.53. The lowest BCUT2D eigenvalue weighted by atomic mass is 10.2. The van der Waals surface area contributed by atoms with Crippen molar-refractivity contribution in [2.45, 2.75) is 53.3 Å². The van der Waals surface area contributed by atoms with Gasteiger partial charge in [0.25, 0.3) is 0 Å². The Kier molecular flexibility index (Phi) is 4.69. The van der Waals surface area contributed by atoms with Gasteiger partial charge in [-0.25, -0.2) is 0 Å². The van der Waals surface area contributed by atoms with Gasteiger partial charge in [0.05, 0.1) is 12.3 Å². The smallest absolute Gasteiger partial charge is 0.241 e. The van der Waals surface area contributed by atoms with Crippen LogP contribution in [-0.4, -0.2) is 26.8 Å². The van der Waals surface area contributed by atoms with Gasteiger partial charge in [-0.2, -0.15) is 5.10 Å². The van der Waals surface area contributed by atoms with Crippen LogP contribution in [0.1, 0.15) is 37.2 Å². The number of aliphatic hydroxyl groups is 1. The average molecular weight is 239 g/mol. The quantitative estimate of drug-likeness (QED) is 0.802. The lowest BCUT2D eigenvalue weighted by Gasteiger charge is -2.12. The van der Waals surface area contributed by atoms with Crippen LogP contribution in [0.5, 0.6) is 0 Å². The Morgan fingerprint density at radius 3 is 2.65 bits per heavy atom. The Hall–Kier alpha value is -1.36. The van der Waals surface area contributed by atoms with Crippen molar-refractivity contribution in [3.8, 4) is 0 Å². The Bertz CT molecular complexity index is 399.